The predicted molar refractivity (Wildman–Crippen MR) is 116 cm³/mol. The molecule has 6 nitrogen and oxygen atoms in total. The zero-order valence-electron chi connectivity index (χ0n) is 17.8. The van der Waals surface area contributed by atoms with E-state index in [-0.39, 0.29) is 29.2 Å². The highest BCUT2D eigenvalue weighted by molar-refractivity contribution is 6.30. The normalized spacial score (nSPS) is 20.7. The molecule has 0 bridgehead atoms. The molecule has 2 heterocycles. The lowest BCUT2D eigenvalue weighted by atomic mass is 9.90. The summed E-state index contributed by atoms with van der Waals surface area (Å²) in [5.74, 6) is 1.04. The second kappa shape index (κ2) is 8.82. The molecule has 7 heteroatoms. The van der Waals surface area contributed by atoms with Crippen molar-refractivity contribution in [2.75, 3.05) is 38.2 Å². The van der Waals surface area contributed by atoms with Crippen LogP contribution in [0, 0.1) is 11.3 Å². The van der Waals surface area contributed by atoms with E-state index in [9.17, 15) is 9.59 Å². The van der Waals surface area contributed by atoms with Gasteiger partial charge in [-0.15, -0.1) is 0 Å². The van der Waals surface area contributed by atoms with Gasteiger partial charge < -0.3 is 19.9 Å². The van der Waals surface area contributed by atoms with Crippen molar-refractivity contribution >= 4 is 29.1 Å². The number of benzene rings is 1. The Morgan fingerprint density at radius 1 is 1.14 bits per heavy atom. The number of piperidine rings is 1. The predicted octanol–water partition coefficient (Wildman–Crippen LogP) is 3.33. The number of hydrogen-bond donors (Lipinski definition) is 1. The van der Waals surface area contributed by atoms with Crippen LogP contribution in [0.5, 0.6) is 5.75 Å². The van der Waals surface area contributed by atoms with Crippen LogP contribution in [0.15, 0.2) is 18.2 Å². The van der Waals surface area contributed by atoms with E-state index < -0.39 is 0 Å². The van der Waals surface area contributed by atoms with Crippen molar-refractivity contribution in [3.63, 3.8) is 0 Å². The molecule has 0 spiro atoms. The highest BCUT2D eigenvalue weighted by atomic mass is 35.5. The molecule has 29 heavy (non-hydrogen) atoms. The molecule has 2 aliphatic heterocycles. The summed E-state index contributed by atoms with van der Waals surface area (Å²) in [6.07, 6.45) is 2.35. The molecule has 2 aliphatic rings. The zero-order valence-corrected chi connectivity index (χ0v) is 18.6. The summed E-state index contributed by atoms with van der Waals surface area (Å²) in [6.45, 7) is 8.72. The van der Waals surface area contributed by atoms with Crippen LogP contribution in [0.4, 0.5) is 5.69 Å². The third-order valence-corrected chi connectivity index (χ3v) is 6.05. The van der Waals surface area contributed by atoms with Gasteiger partial charge in [0.1, 0.15) is 5.75 Å². The van der Waals surface area contributed by atoms with Crippen molar-refractivity contribution in [2.24, 2.45) is 11.3 Å². The summed E-state index contributed by atoms with van der Waals surface area (Å²) in [6, 6.07) is 5.71. The number of carbonyl (C=O) groups is 2. The molecule has 2 fully saturated rings. The van der Waals surface area contributed by atoms with E-state index in [0.717, 1.165) is 43.8 Å². The van der Waals surface area contributed by atoms with E-state index in [1.807, 2.05) is 43.9 Å². The van der Waals surface area contributed by atoms with Crippen LogP contribution in [-0.2, 0) is 9.59 Å². The third kappa shape index (κ3) is 5.16. The number of methoxy groups -OCH3 is 1. The summed E-state index contributed by atoms with van der Waals surface area (Å²) < 4.78 is 5.46. The molecular weight excluding hydrogens is 390 g/mol. The summed E-state index contributed by atoms with van der Waals surface area (Å²) in [7, 11) is 1.65. The van der Waals surface area contributed by atoms with Crippen molar-refractivity contribution in [2.45, 2.75) is 46.1 Å². The highest BCUT2D eigenvalue weighted by Gasteiger charge is 2.34. The Morgan fingerprint density at radius 2 is 1.83 bits per heavy atom. The maximum absolute atomic E-state index is 12.8. The standard InChI is InChI=1S/C22H32ClN3O3/c1-22(2,3)21(28)25-10-7-15(8-11-25)20(27)24-17-9-12-26(14-17)18-13-16(23)5-6-19(18)29-4/h5-6,13,15,17H,7-12,14H2,1-4H3,(H,24,27). The fourth-order valence-electron chi connectivity index (χ4n) is 4.15. The second-order valence-electron chi connectivity index (χ2n) is 9.07. The first-order valence-electron chi connectivity index (χ1n) is 10.4. The molecule has 160 valence electrons. The van der Waals surface area contributed by atoms with Gasteiger partial charge in [-0.25, -0.2) is 0 Å². The van der Waals surface area contributed by atoms with Gasteiger partial charge in [0, 0.05) is 48.6 Å². The number of ether oxygens (including phenoxy) is 1. The highest BCUT2D eigenvalue weighted by Crippen LogP contribution is 2.33. The van der Waals surface area contributed by atoms with Crippen LogP contribution in [0.25, 0.3) is 0 Å². The minimum Gasteiger partial charge on any atom is -0.495 e. The van der Waals surface area contributed by atoms with E-state index in [1.54, 1.807) is 7.11 Å². The Kier molecular flexibility index (Phi) is 6.62. The van der Waals surface area contributed by atoms with E-state index in [1.165, 1.54) is 0 Å². The minimum absolute atomic E-state index is 0.0197. The van der Waals surface area contributed by atoms with Gasteiger partial charge in [0.25, 0.3) is 0 Å². The van der Waals surface area contributed by atoms with Crippen LogP contribution >= 0.6 is 11.6 Å². The Hall–Kier alpha value is -1.95. The Bertz CT molecular complexity index is 754. The van der Waals surface area contributed by atoms with Crippen molar-refractivity contribution in [1.29, 1.82) is 0 Å². The number of nitrogens with one attached hydrogen (secondary N) is 1. The molecule has 2 saturated heterocycles. The van der Waals surface area contributed by atoms with Crippen LogP contribution in [-0.4, -0.2) is 56.0 Å². The average molecular weight is 422 g/mol. The largest absolute Gasteiger partial charge is 0.495 e. The summed E-state index contributed by atoms with van der Waals surface area (Å²) in [5, 5.41) is 3.89. The fraction of sp³-hybridized carbons (Fsp3) is 0.636. The van der Waals surface area contributed by atoms with Gasteiger partial charge in [-0.1, -0.05) is 32.4 Å². The molecule has 1 aromatic carbocycles. The topological polar surface area (TPSA) is 61.9 Å². The number of nitrogens with zero attached hydrogens (tertiary/aromatic N) is 2. The summed E-state index contributed by atoms with van der Waals surface area (Å²) in [5.41, 5.74) is 0.592. The van der Waals surface area contributed by atoms with E-state index >= 15 is 0 Å². The number of halogens is 1. The molecule has 0 aromatic heterocycles. The first-order chi connectivity index (χ1) is 13.7. The maximum Gasteiger partial charge on any atom is 0.227 e. The SMILES string of the molecule is COc1ccc(Cl)cc1N1CCC(NC(=O)C2CCN(C(=O)C(C)(C)C)CC2)C1. The number of amides is 2. The molecule has 1 atom stereocenters. The lowest BCUT2D eigenvalue weighted by Crippen LogP contribution is -2.48. The van der Waals surface area contributed by atoms with Gasteiger partial charge >= 0.3 is 0 Å². The van der Waals surface area contributed by atoms with E-state index in [2.05, 4.69) is 10.2 Å². The number of hydrogen-bond acceptors (Lipinski definition) is 4. The molecule has 2 amide bonds. The van der Waals surface area contributed by atoms with Gasteiger partial charge in [0.05, 0.1) is 12.8 Å². The Labute approximate surface area is 178 Å². The second-order valence-corrected chi connectivity index (χ2v) is 9.51. The van der Waals surface area contributed by atoms with Crippen LogP contribution in [0.1, 0.15) is 40.0 Å². The molecule has 0 saturated carbocycles. The quantitative estimate of drug-likeness (QED) is 0.810. The zero-order chi connectivity index (χ0) is 21.2. The van der Waals surface area contributed by atoms with Crippen molar-refractivity contribution in [3.8, 4) is 5.75 Å². The monoisotopic (exact) mass is 421 g/mol. The lowest BCUT2D eigenvalue weighted by Gasteiger charge is -2.35. The van der Waals surface area contributed by atoms with Gasteiger partial charge in [-0.05, 0) is 37.5 Å². The average Bonchev–Trinajstić information content (AvgIpc) is 3.15. The van der Waals surface area contributed by atoms with Crippen LogP contribution in [0.3, 0.4) is 0 Å². The first kappa shape index (κ1) is 21.8. The van der Waals surface area contributed by atoms with Crippen molar-refractivity contribution < 1.29 is 14.3 Å². The van der Waals surface area contributed by atoms with Crippen LogP contribution < -0.4 is 15.0 Å². The summed E-state index contributed by atoms with van der Waals surface area (Å²) >= 11 is 6.16. The number of likely N-dealkylation sites (tertiary alicyclic amines) is 1. The minimum atomic E-state index is -0.371. The van der Waals surface area contributed by atoms with Crippen molar-refractivity contribution in [3.05, 3.63) is 23.2 Å². The smallest absolute Gasteiger partial charge is 0.227 e. The Balaban J connectivity index is 1.52. The van der Waals surface area contributed by atoms with E-state index in [0.29, 0.717) is 18.1 Å². The lowest BCUT2D eigenvalue weighted by molar-refractivity contribution is -0.142. The number of rotatable bonds is 4. The van der Waals surface area contributed by atoms with Gasteiger partial charge in [0.2, 0.25) is 11.8 Å². The van der Waals surface area contributed by atoms with Gasteiger partial charge in [0.15, 0.2) is 0 Å². The van der Waals surface area contributed by atoms with Gasteiger partial charge in [-0.3, -0.25) is 9.59 Å². The maximum atomic E-state index is 12.8. The summed E-state index contributed by atoms with van der Waals surface area (Å²) in [4.78, 5) is 29.3. The van der Waals surface area contributed by atoms with Crippen LogP contribution in [0.2, 0.25) is 5.02 Å². The van der Waals surface area contributed by atoms with Gasteiger partial charge in [-0.2, -0.15) is 0 Å². The molecule has 1 unspecified atom stereocenters. The molecular formula is C22H32ClN3O3. The molecule has 0 aliphatic carbocycles. The van der Waals surface area contributed by atoms with Crippen molar-refractivity contribution in [1.82, 2.24) is 10.2 Å². The first-order valence-corrected chi connectivity index (χ1v) is 10.7. The number of anilines is 1. The third-order valence-electron chi connectivity index (χ3n) is 5.81. The molecule has 3 rings (SSSR count). The molecule has 1 N–H and O–H groups in total. The molecule has 0 radical (unpaired) electrons. The Morgan fingerprint density at radius 3 is 2.45 bits per heavy atom. The van der Waals surface area contributed by atoms with E-state index in [4.69, 9.17) is 16.3 Å². The number of carbonyl (C=O) groups excluding carboxylic acids is 2. The molecule has 1 aromatic rings. The fourth-order valence-corrected chi connectivity index (χ4v) is 4.31.